The summed E-state index contributed by atoms with van der Waals surface area (Å²) in [4.78, 5) is 57.4. The van der Waals surface area contributed by atoms with E-state index in [0.717, 1.165) is 12.3 Å². The summed E-state index contributed by atoms with van der Waals surface area (Å²) < 4.78 is 53.0. The Morgan fingerprint density at radius 3 is 2.27 bits per heavy atom. The lowest BCUT2D eigenvalue weighted by Crippen LogP contribution is -2.48. The van der Waals surface area contributed by atoms with Crippen molar-refractivity contribution in [1.82, 2.24) is 38.2 Å². The van der Waals surface area contributed by atoms with Crippen molar-refractivity contribution in [3.63, 3.8) is 0 Å². The first-order valence-corrected chi connectivity index (χ1v) is 18.5. The highest BCUT2D eigenvalue weighted by atomic mass is 19.1. The lowest BCUT2D eigenvalue weighted by atomic mass is 9.89. The molecule has 0 N–H and O–H groups in total. The highest BCUT2D eigenvalue weighted by Crippen LogP contribution is 2.37. The summed E-state index contributed by atoms with van der Waals surface area (Å²) in [5.41, 5.74) is 0.766. The summed E-state index contributed by atoms with van der Waals surface area (Å²) in [5.74, 6) is -1.58. The van der Waals surface area contributed by atoms with Gasteiger partial charge in [0.1, 0.15) is 35.4 Å². The van der Waals surface area contributed by atoms with Crippen molar-refractivity contribution in [2.24, 2.45) is 0 Å². The monoisotopic (exact) mass is 768 g/mol. The number of halogens is 3. The number of carbonyl (C=O) groups is 1. The van der Waals surface area contributed by atoms with E-state index < -0.39 is 34.7 Å². The number of amides is 1. The van der Waals surface area contributed by atoms with Gasteiger partial charge in [0.2, 0.25) is 0 Å². The van der Waals surface area contributed by atoms with Crippen molar-refractivity contribution in [3.05, 3.63) is 123 Å². The molecule has 7 rings (SSSR count). The van der Waals surface area contributed by atoms with Gasteiger partial charge in [-0.1, -0.05) is 24.3 Å². The van der Waals surface area contributed by atoms with Crippen molar-refractivity contribution in [3.8, 4) is 22.6 Å². The van der Waals surface area contributed by atoms with Gasteiger partial charge in [-0.05, 0) is 95.8 Å². The van der Waals surface area contributed by atoms with Crippen molar-refractivity contribution in [2.75, 3.05) is 54.4 Å². The van der Waals surface area contributed by atoms with E-state index in [1.54, 1.807) is 35.2 Å². The molecule has 0 atom stereocenters. The van der Waals surface area contributed by atoms with Gasteiger partial charge in [-0.15, -0.1) is 0 Å². The van der Waals surface area contributed by atoms with E-state index in [2.05, 4.69) is 9.97 Å². The van der Waals surface area contributed by atoms with Gasteiger partial charge < -0.3 is 23.8 Å². The number of imidazole rings is 1. The summed E-state index contributed by atoms with van der Waals surface area (Å²) in [6.07, 6.45) is 5.43. The van der Waals surface area contributed by atoms with Crippen LogP contribution < -0.4 is 16.0 Å². The third kappa shape index (κ3) is 7.82. The Hall–Kier alpha value is -5.80. The van der Waals surface area contributed by atoms with Crippen LogP contribution in [0.15, 0.2) is 88.8 Å². The largest absolute Gasteiger partial charge is 0.489 e. The van der Waals surface area contributed by atoms with E-state index in [1.165, 1.54) is 50.2 Å². The highest BCUT2D eigenvalue weighted by molar-refractivity contribution is 5.93. The van der Waals surface area contributed by atoms with Crippen LogP contribution in [-0.2, 0) is 0 Å². The molecule has 15 heteroatoms. The zero-order chi connectivity index (χ0) is 39.7. The molecule has 1 aliphatic carbocycles. The Bertz CT molecular complexity index is 2510. The number of rotatable bonds is 12. The van der Waals surface area contributed by atoms with Gasteiger partial charge in [-0.2, -0.15) is 0 Å². The molecule has 0 aliphatic heterocycles. The molecule has 1 amide bonds. The number of pyridine rings is 2. The molecule has 0 bridgehead atoms. The molecule has 292 valence electrons. The summed E-state index contributed by atoms with van der Waals surface area (Å²) in [7, 11) is 7.62. The number of benzene rings is 2. The van der Waals surface area contributed by atoms with Crippen LogP contribution in [0.4, 0.5) is 13.2 Å². The Kier molecular flexibility index (Phi) is 11.1. The lowest BCUT2D eigenvalue weighted by molar-refractivity contribution is 0.0589. The first-order chi connectivity index (χ1) is 26.9. The molecular formula is C41H43F3N8O4. The van der Waals surface area contributed by atoms with Gasteiger partial charge in [0, 0.05) is 49.7 Å². The summed E-state index contributed by atoms with van der Waals surface area (Å²) in [6.45, 7) is 1.77. The number of ether oxygens (including phenoxy) is 1. The molecule has 12 nitrogen and oxygen atoms in total. The van der Waals surface area contributed by atoms with Gasteiger partial charge in [-0.25, -0.2) is 32.5 Å². The van der Waals surface area contributed by atoms with E-state index in [1.807, 2.05) is 38.0 Å². The molecule has 6 aromatic rings. The normalized spacial score (nSPS) is 15.9. The summed E-state index contributed by atoms with van der Waals surface area (Å²) >= 11 is 0. The number of carbonyl (C=O) groups excluding carboxylic acids is 1. The molecule has 4 aromatic heterocycles. The van der Waals surface area contributed by atoms with Gasteiger partial charge in [0.25, 0.3) is 11.5 Å². The van der Waals surface area contributed by atoms with Crippen molar-refractivity contribution >= 4 is 22.6 Å². The van der Waals surface area contributed by atoms with Crippen LogP contribution >= 0.6 is 0 Å². The van der Waals surface area contributed by atoms with E-state index in [-0.39, 0.29) is 41.0 Å². The van der Waals surface area contributed by atoms with Crippen LogP contribution in [0, 0.1) is 17.5 Å². The van der Waals surface area contributed by atoms with Gasteiger partial charge in [0.15, 0.2) is 11.4 Å². The van der Waals surface area contributed by atoms with Crippen molar-refractivity contribution in [1.29, 1.82) is 0 Å². The SMILES string of the molecule is CN(C)CCOc1c(-c2ccc(F)cc2)cccc1-n1c(=O)n(C2CCC(N(CCN(C)C)C(=O)c3cn4cc(F)ccc4n3)CC2)c(=O)c2cc(F)cnc21. The number of hydrogen-bond acceptors (Lipinski definition) is 8. The van der Waals surface area contributed by atoms with Crippen LogP contribution in [0.1, 0.15) is 42.2 Å². The minimum Gasteiger partial charge on any atom is -0.489 e. The molecule has 0 saturated heterocycles. The summed E-state index contributed by atoms with van der Waals surface area (Å²) in [6, 6.07) is 14.2. The van der Waals surface area contributed by atoms with Crippen LogP contribution in [0.5, 0.6) is 5.75 Å². The number of hydrogen-bond donors (Lipinski definition) is 0. The van der Waals surface area contributed by atoms with E-state index >= 15 is 0 Å². The molecule has 0 unspecified atom stereocenters. The van der Waals surface area contributed by atoms with Gasteiger partial charge in [0.05, 0.1) is 17.3 Å². The smallest absolute Gasteiger partial charge is 0.337 e. The fourth-order valence-electron chi connectivity index (χ4n) is 7.36. The Balaban J connectivity index is 1.27. The minimum atomic E-state index is -0.734. The third-order valence-electron chi connectivity index (χ3n) is 10.2. The second-order valence-corrected chi connectivity index (χ2v) is 14.6. The highest BCUT2D eigenvalue weighted by Gasteiger charge is 2.33. The molecule has 0 spiro atoms. The van der Waals surface area contributed by atoms with Crippen LogP contribution in [-0.4, -0.2) is 105 Å². The third-order valence-corrected chi connectivity index (χ3v) is 10.2. The van der Waals surface area contributed by atoms with Gasteiger partial charge in [-0.3, -0.25) is 14.2 Å². The Morgan fingerprint density at radius 1 is 0.839 bits per heavy atom. The fourth-order valence-corrected chi connectivity index (χ4v) is 7.36. The average molecular weight is 769 g/mol. The minimum absolute atomic E-state index is 0.0344. The van der Waals surface area contributed by atoms with Crippen molar-refractivity contribution < 1.29 is 22.7 Å². The van der Waals surface area contributed by atoms with Crippen LogP contribution in [0.25, 0.3) is 33.5 Å². The van der Waals surface area contributed by atoms with Crippen LogP contribution in [0.2, 0.25) is 0 Å². The topological polar surface area (TPSA) is 110 Å². The number of nitrogens with zero attached hydrogens (tertiary/aromatic N) is 8. The average Bonchev–Trinajstić information content (AvgIpc) is 3.60. The van der Waals surface area contributed by atoms with Crippen LogP contribution in [0.3, 0.4) is 0 Å². The molecule has 1 fully saturated rings. The van der Waals surface area contributed by atoms with E-state index in [0.29, 0.717) is 67.8 Å². The first kappa shape index (κ1) is 38.5. The maximum Gasteiger partial charge on any atom is 0.337 e. The molecular weight excluding hydrogens is 725 g/mol. The van der Waals surface area contributed by atoms with Crippen molar-refractivity contribution in [2.45, 2.75) is 37.8 Å². The number of para-hydroxylation sites is 1. The standard InChI is InChI=1S/C41H43F3N8O4/c1-47(2)18-19-50(40(54)34-25-49-24-28(43)12-17-36(49)46-34)30-13-15-31(16-14-30)51-39(53)33-22-29(44)23-45-38(33)52(41(51)55)35-7-5-6-32(26-8-10-27(42)11-9-26)37(35)56-21-20-48(3)4/h5-12,17,22-25,30-31H,13-16,18-21H2,1-4H3. The second-order valence-electron chi connectivity index (χ2n) is 14.6. The van der Waals surface area contributed by atoms with E-state index in [9.17, 15) is 27.6 Å². The predicted octanol–water partition coefficient (Wildman–Crippen LogP) is 5.41. The molecule has 1 aliphatic rings. The number of likely N-dealkylation sites (N-methyl/N-ethyl adjacent to an activating group) is 2. The number of fused-ring (bicyclic) bond motifs is 2. The molecule has 2 aromatic carbocycles. The lowest BCUT2D eigenvalue weighted by Gasteiger charge is -2.37. The Labute approximate surface area is 321 Å². The first-order valence-electron chi connectivity index (χ1n) is 18.5. The second kappa shape index (κ2) is 16.1. The zero-order valence-electron chi connectivity index (χ0n) is 31.7. The molecule has 4 heterocycles. The molecule has 56 heavy (non-hydrogen) atoms. The van der Waals surface area contributed by atoms with Gasteiger partial charge >= 0.3 is 5.69 Å². The number of aromatic nitrogens is 5. The predicted molar refractivity (Wildman–Crippen MR) is 207 cm³/mol. The molecule has 1 saturated carbocycles. The van der Waals surface area contributed by atoms with E-state index in [4.69, 9.17) is 4.74 Å². The zero-order valence-corrected chi connectivity index (χ0v) is 31.7. The maximum atomic E-state index is 14.8. The fraction of sp³-hybridized carbons (Fsp3) is 0.341. The molecule has 0 radical (unpaired) electrons. The summed E-state index contributed by atoms with van der Waals surface area (Å²) in [5, 5.41) is -0.0794. The maximum absolute atomic E-state index is 14.8. The quantitative estimate of drug-likeness (QED) is 0.163. The Morgan fingerprint density at radius 2 is 1.55 bits per heavy atom.